The highest BCUT2D eigenvalue weighted by Crippen LogP contribution is 2.34. The number of hydrogen-bond acceptors (Lipinski definition) is 7. The van der Waals surface area contributed by atoms with Crippen molar-refractivity contribution < 1.29 is 19.5 Å². The summed E-state index contributed by atoms with van der Waals surface area (Å²) in [5.41, 5.74) is 1.89. The number of nitrogens with zero attached hydrogens (tertiary/aromatic N) is 3. The summed E-state index contributed by atoms with van der Waals surface area (Å²) in [6, 6.07) is 0. The molecule has 3 saturated heterocycles. The van der Waals surface area contributed by atoms with Gasteiger partial charge in [0.2, 0.25) is 11.6 Å². The Morgan fingerprint density at radius 2 is 1.58 bits per heavy atom. The number of allylic oxidation sites excluding steroid dienone is 1. The van der Waals surface area contributed by atoms with Crippen molar-refractivity contribution >= 4 is 30.2 Å². The van der Waals surface area contributed by atoms with Crippen LogP contribution in [-0.2, 0) is 14.4 Å². The van der Waals surface area contributed by atoms with Crippen molar-refractivity contribution in [1.29, 1.82) is 0 Å². The van der Waals surface area contributed by atoms with Gasteiger partial charge >= 0.3 is 5.97 Å². The molecule has 0 spiro atoms. The topological polar surface area (TPSA) is 80.5 Å². The summed E-state index contributed by atoms with van der Waals surface area (Å²) in [5, 5.41) is 8.98. The molecule has 2 atom stereocenters. The van der Waals surface area contributed by atoms with Gasteiger partial charge in [-0.1, -0.05) is 39.5 Å². The third-order valence-corrected chi connectivity index (χ3v) is 6.67. The van der Waals surface area contributed by atoms with E-state index < -0.39 is 5.97 Å². The van der Waals surface area contributed by atoms with Crippen LogP contribution in [0.2, 0.25) is 0 Å². The SMILES string of the molecule is CCCCCC(CC)C(CS)C(=O)O.O=C1C=C(N2CC2)C(=O)C(N2CC2)=C1N1CC1. The molecule has 3 fully saturated rings. The number of rotatable bonds is 11. The van der Waals surface area contributed by atoms with Crippen LogP contribution >= 0.6 is 12.6 Å². The molecule has 0 aromatic rings. The molecule has 4 aliphatic rings. The predicted octanol–water partition coefficient (Wildman–Crippen LogP) is 2.40. The molecule has 0 amide bonds. The highest BCUT2D eigenvalue weighted by molar-refractivity contribution is 7.80. The first-order chi connectivity index (χ1) is 14.9. The molecule has 3 aliphatic heterocycles. The fourth-order valence-corrected chi connectivity index (χ4v) is 4.51. The van der Waals surface area contributed by atoms with E-state index in [1.807, 2.05) is 14.7 Å². The van der Waals surface area contributed by atoms with Crippen LogP contribution in [-0.4, -0.2) is 82.4 Å². The molecule has 1 aliphatic carbocycles. The number of carboxylic acid groups (broad SMARTS) is 1. The van der Waals surface area contributed by atoms with Gasteiger partial charge in [-0.2, -0.15) is 12.6 Å². The molecule has 0 bridgehead atoms. The Labute approximate surface area is 190 Å². The van der Waals surface area contributed by atoms with Gasteiger partial charge in [0, 0.05) is 51.1 Å². The van der Waals surface area contributed by atoms with Gasteiger partial charge in [0.15, 0.2) is 0 Å². The van der Waals surface area contributed by atoms with Gasteiger partial charge in [-0.15, -0.1) is 0 Å². The van der Waals surface area contributed by atoms with E-state index in [1.165, 1.54) is 18.9 Å². The summed E-state index contributed by atoms with van der Waals surface area (Å²) in [6.07, 6.45) is 7.04. The largest absolute Gasteiger partial charge is 0.481 e. The van der Waals surface area contributed by atoms with Crippen LogP contribution in [0.15, 0.2) is 23.2 Å². The smallest absolute Gasteiger partial charge is 0.307 e. The van der Waals surface area contributed by atoms with Crippen LogP contribution in [0.25, 0.3) is 0 Å². The highest BCUT2D eigenvalue weighted by atomic mass is 32.1. The minimum atomic E-state index is -0.691. The van der Waals surface area contributed by atoms with Crippen molar-refractivity contribution in [2.24, 2.45) is 11.8 Å². The molecule has 7 nitrogen and oxygen atoms in total. The van der Waals surface area contributed by atoms with Crippen LogP contribution in [0.3, 0.4) is 0 Å². The summed E-state index contributed by atoms with van der Waals surface area (Å²) in [7, 11) is 0. The van der Waals surface area contributed by atoms with Crippen LogP contribution in [0, 0.1) is 11.8 Å². The van der Waals surface area contributed by atoms with Gasteiger partial charge in [0.25, 0.3) is 0 Å². The van der Waals surface area contributed by atoms with Gasteiger partial charge in [0.05, 0.1) is 11.6 Å². The van der Waals surface area contributed by atoms with Gasteiger partial charge in [-0.05, 0) is 12.3 Å². The zero-order chi connectivity index (χ0) is 22.5. The van der Waals surface area contributed by atoms with Crippen LogP contribution in [0.5, 0.6) is 0 Å². The van der Waals surface area contributed by atoms with Crippen molar-refractivity contribution in [3.05, 3.63) is 23.2 Å². The molecule has 2 unspecified atom stereocenters. The second-order valence-corrected chi connectivity index (χ2v) is 9.04. The maximum atomic E-state index is 12.4. The number of carbonyl (C=O) groups excluding carboxylic acids is 2. The molecule has 0 saturated carbocycles. The third kappa shape index (κ3) is 6.05. The second kappa shape index (κ2) is 10.6. The lowest BCUT2D eigenvalue weighted by Gasteiger charge is -2.21. The van der Waals surface area contributed by atoms with E-state index in [1.54, 1.807) is 0 Å². The summed E-state index contributed by atoms with van der Waals surface area (Å²) >= 11 is 4.11. The normalized spacial score (nSPS) is 21.4. The van der Waals surface area contributed by atoms with E-state index in [-0.39, 0.29) is 17.5 Å². The summed E-state index contributed by atoms with van der Waals surface area (Å²) in [4.78, 5) is 41.4. The highest BCUT2D eigenvalue weighted by Gasteiger charge is 2.43. The van der Waals surface area contributed by atoms with Gasteiger partial charge < -0.3 is 19.8 Å². The first-order valence-corrected chi connectivity index (χ1v) is 12.2. The summed E-state index contributed by atoms with van der Waals surface area (Å²) in [6.45, 7) is 9.63. The molecular weight excluding hydrogens is 414 g/mol. The standard InChI is InChI=1S/C12H13N3O2.C11H22O2S/c16-9-7-8(13-1-2-13)12(17)11(15-5-6-15)10(9)14-3-4-14;1-3-5-6-7-9(4-2)10(8-14)11(12)13/h7H,1-6H2;9-10,14H,3-8H2,1-2H3,(H,12,13). The van der Waals surface area contributed by atoms with Crippen molar-refractivity contribution in [2.75, 3.05) is 45.0 Å². The van der Waals surface area contributed by atoms with Crippen LogP contribution in [0.4, 0.5) is 0 Å². The van der Waals surface area contributed by atoms with E-state index in [2.05, 4.69) is 26.5 Å². The van der Waals surface area contributed by atoms with Gasteiger partial charge in [-0.3, -0.25) is 14.4 Å². The van der Waals surface area contributed by atoms with E-state index in [9.17, 15) is 14.4 Å². The molecule has 0 radical (unpaired) electrons. The lowest BCUT2D eigenvalue weighted by molar-refractivity contribution is -0.142. The maximum Gasteiger partial charge on any atom is 0.307 e. The predicted molar refractivity (Wildman–Crippen MR) is 123 cm³/mol. The number of carboxylic acids is 1. The first kappa shape index (κ1) is 23.7. The number of Topliss-reactive ketones (excluding diaryl/α,β-unsaturated/α-hetero) is 1. The summed E-state index contributed by atoms with van der Waals surface area (Å²) in [5.74, 6) is -0.146. The zero-order valence-electron chi connectivity index (χ0n) is 18.7. The van der Waals surface area contributed by atoms with Crippen molar-refractivity contribution in [2.45, 2.75) is 46.0 Å². The van der Waals surface area contributed by atoms with Crippen molar-refractivity contribution in [3.63, 3.8) is 0 Å². The Balaban J connectivity index is 0.000000181. The number of thiol groups is 1. The average Bonchev–Trinajstić information content (AvgIpc) is 3.56. The van der Waals surface area contributed by atoms with E-state index in [0.29, 0.717) is 28.8 Å². The number of hydrogen-bond donors (Lipinski definition) is 2. The average molecular weight is 450 g/mol. The van der Waals surface area contributed by atoms with E-state index in [0.717, 1.165) is 58.5 Å². The summed E-state index contributed by atoms with van der Waals surface area (Å²) < 4.78 is 0. The second-order valence-electron chi connectivity index (χ2n) is 8.67. The Morgan fingerprint density at radius 1 is 1.00 bits per heavy atom. The van der Waals surface area contributed by atoms with Gasteiger partial charge in [0.1, 0.15) is 11.4 Å². The molecule has 3 heterocycles. The molecule has 0 aromatic carbocycles. The monoisotopic (exact) mass is 449 g/mol. The zero-order valence-corrected chi connectivity index (χ0v) is 19.6. The molecule has 4 rings (SSSR count). The number of aliphatic carboxylic acids is 1. The van der Waals surface area contributed by atoms with Gasteiger partial charge in [-0.25, -0.2) is 0 Å². The molecular formula is C23H35N3O4S. The molecule has 8 heteroatoms. The third-order valence-electron chi connectivity index (χ3n) is 6.27. The molecule has 172 valence electrons. The maximum absolute atomic E-state index is 12.4. The first-order valence-electron chi connectivity index (χ1n) is 11.6. The molecule has 1 N–H and O–H groups in total. The number of carbonyl (C=O) groups is 3. The van der Waals surface area contributed by atoms with Crippen molar-refractivity contribution in [1.82, 2.24) is 14.7 Å². The quantitative estimate of drug-likeness (QED) is 0.217. The Hall–Kier alpha value is -1.96. The lowest BCUT2D eigenvalue weighted by atomic mass is 9.87. The molecule has 0 aromatic heterocycles. The Bertz CT molecular complexity index is 767. The van der Waals surface area contributed by atoms with E-state index >= 15 is 0 Å². The molecule has 31 heavy (non-hydrogen) atoms. The van der Waals surface area contributed by atoms with E-state index in [4.69, 9.17) is 5.11 Å². The lowest BCUT2D eigenvalue weighted by Crippen LogP contribution is -2.29. The Kier molecular flexibility index (Phi) is 8.08. The van der Waals surface area contributed by atoms with Crippen LogP contribution in [0.1, 0.15) is 46.0 Å². The fraction of sp³-hybridized carbons (Fsp3) is 0.696. The van der Waals surface area contributed by atoms with Crippen molar-refractivity contribution in [3.8, 4) is 0 Å². The minimum Gasteiger partial charge on any atom is -0.481 e. The number of ketones is 2. The minimum absolute atomic E-state index is 0.00546. The Morgan fingerprint density at radius 3 is 2.03 bits per heavy atom. The number of unbranched alkanes of at least 4 members (excludes halogenated alkanes) is 2. The van der Waals surface area contributed by atoms with Crippen LogP contribution < -0.4 is 0 Å². The fourth-order valence-electron chi connectivity index (χ4n) is 4.05.